The van der Waals surface area contributed by atoms with Crippen molar-refractivity contribution in [3.05, 3.63) is 35.4 Å². The fraction of sp³-hybridized carbons (Fsp3) is 0.500. The number of carboxylic acids is 1. The highest BCUT2D eigenvalue weighted by Crippen LogP contribution is 2.39. The number of aryl methyl sites for hydroxylation is 2. The standard InChI is InChI=1S/C16H21NO3/c1-11-3-5-12(6-4-11)7-10-14(18)17-16(2,15(19)20)13-8-9-13/h3-6,13H,7-10H2,1-2H3,(H,17,18)(H,19,20). The normalized spacial score (nSPS) is 17.3. The molecule has 4 nitrogen and oxygen atoms in total. The van der Waals surface area contributed by atoms with Crippen molar-refractivity contribution in [2.75, 3.05) is 0 Å². The van der Waals surface area contributed by atoms with Crippen molar-refractivity contribution in [3.63, 3.8) is 0 Å². The molecule has 0 heterocycles. The van der Waals surface area contributed by atoms with Gasteiger partial charge in [-0.05, 0) is 44.6 Å². The number of amides is 1. The molecule has 1 aliphatic carbocycles. The SMILES string of the molecule is Cc1ccc(CCC(=O)NC(C)(C(=O)O)C2CC2)cc1. The second kappa shape index (κ2) is 5.65. The minimum absolute atomic E-state index is 0.0725. The van der Waals surface area contributed by atoms with Crippen LogP contribution >= 0.6 is 0 Å². The van der Waals surface area contributed by atoms with Gasteiger partial charge in [0.1, 0.15) is 5.54 Å². The lowest BCUT2D eigenvalue weighted by atomic mass is 9.95. The maximum atomic E-state index is 12.0. The summed E-state index contributed by atoms with van der Waals surface area (Å²) in [5, 5.41) is 12.0. The van der Waals surface area contributed by atoms with Crippen LogP contribution in [-0.2, 0) is 16.0 Å². The molecule has 108 valence electrons. The molecule has 0 spiro atoms. The summed E-state index contributed by atoms with van der Waals surface area (Å²) in [6, 6.07) is 8.03. The monoisotopic (exact) mass is 275 g/mol. The van der Waals surface area contributed by atoms with Gasteiger partial charge in [0.2, 0.25) is 5.91 Å². The highest BCUT2D eigenvalue weighted by molar-refractivity contribution is 5.87. The Morgan fingerprint density at radius 3 is 2.40 bits per heavy atom. The van der Waals surface area contributed by atoms with E-state index in [4.69, 9.17) is 0 Å². The van der Waals surface area contributed by atoms with E-state index in [1.54, 1.807) is 6.92 Å². The number of benzene rings is 1. The summed E-state index contributed by atoms with van der Waals surface area (Å²) in [5.41, 5.74) is 1.17. The topological polar surface area (TPSA) is 66.4 Å². The summed E-state index contributed by atoms with van der Waals surface area (Å²) >= 11 is 0. The zero-order chi connectivity index (χ0) is 14.8. The summed E-state index contributed by atoms with van der Waals surface area (Å²) in [7, 11) is 0. The fourth-order valence-corrected chi connectivity index (χ4v) is 2.36. The average Bonchev–Trinajstić information content (AvgIpc) is 3.22. The predicted molar refractivity (Wildman–Crippen MR) is 76.4 cm³/mol. The van der Waals surface area contributed by atoms with Gasteiger partial charge < -0.3 is 10.4 Å². The van der Waals surface area contributed by atoms with Crippen molar-refractivity contribution in [2.45, 2.75) is 45.1 Å². The molecular formula is C16H21NO3. The maximum Gasteiger partial charge on any atom is 0.329 e. The molecule has 1 fully saturated rings. The first-order valence-electron chi connectivity index (χ1n) is 7.02. The fourth-order valence-electron chi connectivity index (χ4n) is 2.36. The van der Waals surface area contributed by atoms with Crippen LogP contribution in [0.2, 0.25) is 0 Å². The Hall–Kier alpha value is -1.84. The van der Waals surface area contributed by atoms with Crippen LogP contribution in [0, 0.1) is 12.8 Å². The first kappa shape index (κ1) is 14.6. The van der Waals surface area contributed by atoms with E-state index in [-0.39, 0.29) is 11.8 Å². The van der Waals surface area contributed by atoms with Crippen LogP contribution in [0.3, 0.4) is 0 Å². The minimum atomic E-state index is -1.11. The van der Waals surface area contributed by atoms with Crippen LogP contribution in [-0.4, -0.2) is 22.5 Å². The summed E-state index contributed by atoms with van der Waals surface area (Å²) in [4.78, 5) is 23.3. The van der Waals surface area contributed by atoms with E-state index in [1.165, 1.54) is 5.56 Å². The molecule has 0 aliphatic heterocycles. The van der Waals surface area contributed by atoms with E-state index < -0.39 is 11.5 Å². The summed E-state index contributed by atoms with van der Waals surface area (Å²) in [6.07, 6.45) is 2.70. The van der Waals surface area contributed by atoms with Gasteiger partial charge in [-0.1, -0.05) is 29.8 Å². The third-order valence-electron chi connectivity index (χ3n) is 4.00. The lowest BCUT2D eigenvalue weighted by Gasteiger charge is -2.26. The van der Waals surface area contributed by atoms with E-state index in [1.807, 2.05) is 31.2 Å². The largest absolute Gasteiger partial charge is 0.480 e. The van der Waals surface area contributed by atoms with E-state index in [2.05, 4.69) is 5.32 Å². The zero-order valence-electron chi connectivity index (χ0n) is 12.0. The third kappa shape index (κ3) is 3.38. The molecule has 0 aromatic heterocycles. The van der Waals surface area contributed by atoms with Crippen LogP contribution in [0.4, 0.5) is 0 Å². The smallest absolute Gasteiger partial charge is 0.329 e. The summed E-state index contributed by atoms with van der Waals surface area (Å²) in [5.74, 6) is -1.06. The van der Waals surface area contributed by atoms with Crippen LogP contribution in [0.25, 0.3) is 0 Å². The van der Waals surface area contributed by atoms with Crippen molar-refractivity contribution in [3.8, 4) is 0 Å². The molecule has 1 saturated carbocycles. The van der Waals surface area contributed by atoms with Gasteiger partial charge in [-0.15, -0.1) is 0 Å². The molecule has 2 rings (SSSR count). The van der Waals surface area contributed by atoms with Gasteiger partial charge in [-0.2, -0.15) is 0 Å². The Morgan fingerprint density at radius 1 is 1.30 bits per heavy atom. The molecule has 1 atom stereocenters. The molecule has 20 heavy (non-hydrogen) atoms. The molecule has 1 aromatic carbocycles. The van der Waals surface area contributed by atoms with E-state index in [0.29, 0.717) is 12.8 Å². The highest BCUT2D eigenvalue weighted by Gasteiger charge is 2.48. The number of rotatable bonds is 6. The van der Waals surface area contributed by atoms with Crippen molar-refractivity contribution < 1.29 is 14.7 Å². The van der Waals surface area contributed by atoms with Crippen LogP contribution in [0.15, 0.2) is 24.3 Å². The van der Waals surface area contributed by atoms with Gasteiger partial charge in [0.05, 0.1) is 0 Å². The van der Waals surface area contributed by atoms with E-state index >= 15 is 0 Å². The molecule has 1 aromatic rings. The molecule has 1 unspecified atom stereocenters. The van der Waals surface area contributed by atoms with Gasteiger partial charge in [0, 0.05) is 6.42 Å². The van der Waals surface area contributed by atoms with Crippen LogP contribution in [0.1, 0.15) is 37.3 Å². The minimum Gasteiger partial charge on any atom is -0.480 e. The van der Waals surface area contributed by atoms with Gasteiger partial charge in [-0.3, -0.25) is 4.79 Å². The summed E-state index contributed by atoms with van der Waals surface area (Å²) < 4.78 is 0. The average molecular weight is 275 g/mol. The molecule has 0 saturated heterocycles. The van der Waals surface area contributed by atoms with Crippen LogP contribution in [0.5, 0.6) is 0 Å². The Labute approximate surface area is 119 Å². The van der Waals surface area contributed by atoms with Gasteiger partial charge in [0.15, 0.2) is 0 Å². The second-order valence-electron chi connectivity index (χ2n) is 5.82. The molecule has 0 bridgehead atoms. The number of nitrogens with one attached hydrogen (secondary N) is 1. The number of hydrogen-bond donors (Lipinski definition) is 2. The quantitative estimate of drug-likeness (QED) is 0.837. The van der Waals surface area contributed by atoms with Crippen molar-refractivity contribution in [2.24, 2.45) is 5.92 Å². The predicted octanol–water partition coefficient (Wildman–Crippen LogP) is 2.30. The molecule has 0 radical (unpaired) electrons. The van der Waals surface area contributed by atoms with E-state index in [9.17, 15) is 14.7 Å². The lowest BCUT2D eigenvalue weighted by Crippen LogP contribution is -2.54. The number of hydrogen-bond acceptors (Lipinski definition) is 2. The maximum absolute atomic E-state index is 12.0. The van der Waals surface area contributed by atoms with Crippen molar-refractivity contribution in [1.29, 1.82) is 0 Å². The number of aliphatic carboxylic acids is 1. The molecule has 1 amide bonds. The molecular weight excluding hydrogens is 254 g/mol. The Kier molecular flexibility index (Phi) is 4.12. The Bertz CT molecular complexity index is 505. The van der Waals surface area contributed by atoms with Crippen LogP contribution < -0.4 is 5.32 Å². The number of carbonyl (C=O) groups is 2. The highest BCUT2D eigenvalue weighted by atomic mass is 16.4. The molecule has 2 N–H and O–H groups in total. The van der Waals surface area contributed by atoms with Crippen molar-refractivity contribution in [1.82, 2.24) is 5.32 Å². The first-order valence-corrected chi connectivity index (χ1v) is 7.02. The third-order valence-corrected chi connectivity index (χ3v) is 4.00. The Balaban J connectivity index is 1.88. The lowest BCUT2D eigenvalue weighted by molar-refractivity contribution is -0.147. The first-order chi connectivity index (χ1) is 9.41. The molecule has 1 aliphatic rings. The number of carboxylic acid groups (broad SMARTS) is 1. The summed E-state index contributed by atoms with van der Waals surface area (Å²) in [6.45, 7) is 3.63. The number of carbonyl (C=O) groups excluding carboxylic acids is 1. The van der Waals surface area contributed by atoms with Gasteiger partial charge >= 0.3 is 5.97 Å². The van der Waals surface area contributed by atoms with E-state index in [0.717, 1.165) is 18.4 Å². The second-order valence-corrected chi connectivity index (χ2v) is 5.82. The van der Waals surface area contributed by atoms with Crippen molar-refractivity contribution >= 4 is 11.9 Å². The van der Waals surface area contributed by atoms with Gasteiger partial charge in [0.25, 0.3) is 0 Å². The zero-order valence-corrected chi connectivity index (χ0v) is 12.0. The van der Waals surface area contributed by atoms with Gasteiger partial charge in [-0.25, -0.2) is 4.79 Å². The molecule has 4 heteroatoms. The Morgan fingerprint density at radius 2 is 1.90 bits per heavy atom.